The van der Waals surface area contributed by atoms with E-state index >= 15 is 0 Å². The minimum Gasteiger partial charge on any atom is -0.419 e. The molecule has 0 spiro atoms. The zero-order valence-electron chi connectivity index (χ0n) is 14.4. The van der Waals surface area contributed by atoms with Crippen LogP contribution in [0.4, 0.5) is 5.88 Å². The lowest BCUT2D eigenvalue weighted by Gasteiger charge is -2.08. The van der Waals surface area contributed by atoms with Crippen LogP contribution in [0, 0.1) is 5.92 Å². The number of anilines is 1. The first-order valence-electron chi connectivity index (χ1n) is 8.18. The van der Waals surface area contributed by atoms with E-state index in [1.54, 1.807) is 0 Å². The maximum absolute atomic E-state index is 13.0. The van der Waals surface area contributed by atoms with Crippen molar-refractivity contribution in [2.24, 2.45) is 5.92 Å². The van der Waals surface area contributed by atoms with E-state index in [-0.39, 0.29) is 21.7 Å². The van der Waals surface area contributed by atoms with Crippen LogP contribution in [0.15, 0.2) is 68.9 Å². The fourth-order valence-electron chi connectivity index (χ4n) is 2.33. The minimum atomic E-state index is -3.85. The van der Waals surface area contributed by atoms with Crippen LogP contribution in [-0.2, 0) is 9.84 Å². The van der Waals surface area contributed by atoms with E-state index in [1.165, 1.54) is 24.3 Å². The van der Waals surface area contributed by atoms with E-state index in [2.05, 4.69) is 10.3 Å². The number of aromatic nitrogens is 1. The van der Waals surface area contributed by atoms with Crippen LogP contribution in [0.25, 0.3) is 11.5 Å². The highest BCUT2D eigenvalue weighted by atomic mass is 35.5. The van der Waals surface area contributed by atoms with Crippen molar-refractivity contribution in [2.45, 2.75) is 23.8 Å². The molecule has 0 aliphatic rings. The van der Waals surface area contributed by atoms with Crippen LogP contribution < -0.4 is 5.32 Å². The largest absolute Gasteiger partial charge is 0.419 e. The molecule has 3 aromatic rings. The van der Waals surface area contributed by atoms with Crippen molar-refractivity contribution in [3.05, 3.63) is 59.6 Å². The molecule has 7 heteroatoms. The van der Waals surface area contributed by atoms with Gasteiger partial charge in [-0.2, -0.15) is 4.98 Å². The molecule has 1 aromatic heterocycles. The molecule has 1 heterocycles. The Hall–Kier alpha value is -2.31. The number of benzene rings is 2. The summed E-state index contributed by atoms with van der Waals surface area (Å²) in [5, 5.41) is 3.40. The van der Waals surface area contributed by atoms with Gasteiger partial charge in [-0.15, -0.1) is 0 Å². The van der Waals surface area contributed by atoms with E-state index in [4.69, 9.17) is 16.0 Å². The van der Waals surface area contributed by atoms with E-state index in [1.807, 2.05) is 44.2 Å². The Morgan fingerprint density at radius 1 is 1.08 bits per heavy atom. The third kappa shape index (κ3) is 3.92. The van der Waals surface area contributed by atoms with Crippen molar-refractivity contribution >= 4 is 27.3 Å². The number of nitrogens with one attached hydrogen (secondary N) is 1. The van der Waals surface area contributed by atoms with Gasteiger partial charge in [0.2, 0.25) is 26.6 Å². The maximum atomic E-state index is 13.0. The van der Waals surface area contributed by atoms with Crippen molar-refractivity contribution in [1.29, 1.82) is 0 Å². The molecule has 0 aliphatic heterocycles. The molecule has 0 radical (unpaired) electrons. The van der Waals surface area contributed by atoms with E-state index in [9.17, 15) is 8.42 Å². The highest BCUT2D eigenvalue weighted by Gasteiger charge is 2.28. The normalized spacial score (nSPS) is 11.7. The van der Waals surface area contributed by atoms with Gasteiger partial charge in [-0.05, 0) is 42.3 Å². The van der Waals surface area contributed by atoms with Crippen LogP contribution in [0.5, 0.6) is 0 Å². The van der Waals surface area contributed by atoms with Crippen molar-refractivity contribution in [3.8, 4) is 11.5 Å². The van der Waals surface area contributed by atoms with Gasteiger partial charge in [-0.3, -0.25) is 0 Å². The molecule has 0 aliphatic carbocycles. The van der Waals surface area contributed by atoms with Gasteiger partial charge in [-0.1, -0.05) is 43.6 Å². The monoisotopic (exact) mass is 390 g/mol. The molecule has 0 bridgehead atoms. The Labute approximate surface area is 157 Å². The van der Waals surface area contributed by atoms with Crippen LogP contribution in [-0.4, -0.2) is 19.9 Å². The second-order valence-corrected chi connectivity index (χ2v) is 8.55. The Morgan fingerprint density at radius 3 is 2.35 bits per heavy atom. The number of oxazole rings is 1. The summed E-state index contributed by atoms with van der Waals surface area (Å²) in [6.45, 7) is 4.61. The molecule has 136 valence electrons. The van der Waals surface area contributed by atoms with Gasteiger partial charge in [0.1, 0.15) is 0 Å². The Kier molecular flexibility index (Phi) is 5.34. The number of sulfone groups is 1. The topological polar surface area (TPSA) is 72.2 Å². The first kappa shape index (κ1) is 18.5. The lowest BCUT2D eigenvalue weighted by Crippen LogP contribution is -2.11. The summed E-state index contributed by atoms with van der Waals surface area (Å²) in [4.78, 5) is 4.39. The number of rotatable bonds is 6. The predicted octanol–water partition coefficient (Wildman–Crippen LogP) is 4.90. The van der Waals surface area contributed by atoms with Gasteiger partial charge < -0.3 is 9.73 Å². The van der Waals surface area contributed by atoms with Gasteiger partial charge in [0.05, 0.1) is 4.90 Å². The third-order valence-electron chi connectivity index (χ3n) is 3.67. The first-order valence-corrected chi connectivity index (χ1v) is 10.0. The third-order valence-corrected chi connectivity index (χ3v) is 5.60. The van der Waals surface area contributed by atoms with E-state index in [0.717, 1.165) is 0 Å². The molecule has 3 rings (SSSR count). The van der Waals surface area contributed by atoms with Gasteiger partial charge >= 0.3 is 0 Å². The summed E-state index contributed by atoms with van der Waals surface area (Å²) in [5.74, 6) is 0.711. The highest BCUT2D eigenvalue weighted by molar-refractivity contribution is 7.91. The molecule has 0 saturated carbocycles. The second kappa shape index (κ2) is 7.51. The summed E-state index contributed by atoms with van der Waals surface area (Å²) in [6.07, 6.45) is 0. The van der Waals surface area contributed by atoms with Crippen LogP contribution in [0.1, 0.15) is 13.8 Å². The molecule has 1 N–H and O–H groups in total. The van der Waals surface area contributed by atoms with E-state index in [0.29, 0.717) is 23.0 Å². The summed E-state index contributed by atoms with van der Waals surface area (Å²) in [5.41, 5.74) is 0.706. The maximum Gasteiger partial charge on any atom is 0.233 e. The van der Waals surface area contributed by atoms with Crippen LogP contribution in [0.2, 0.25) is 5.02 Å². The van der Waals surface area contributed by atoms with Crippen molar-refractivity contribution in [2.75, 3.05) is 11.9 Å². The quantitative estimate of drug-likeness (QED) is 0.648. The van der Waals surface area contributed by atoms with Crippen molar-refractivity contribution in [1.82, 2.24) is 4.98 Å². The van der Waals surface area contributed by atoms with Crippen LogP contribution >= 0.6 is 11.6 Å². The number of hydrogen-bond donors (Lipinski definition) is 1. The SMILES string of the molecule is CC(C)CNc1oc(-c2ccccc2)nc1S(=O)(=O)c1ccc(Cl)cc1. The molecule has 2 aromatic carbocycles. The summed E-state index contributed by atoms with van der Waals surface area (Å²) < 4.78 is 31.9. The molecule has 5 nitrogen and oxygen atoms in total. The predicted molar refractivity (Wildman–Crippen MR) is 102 cm³/mol. The van der Waals surface area contributed by atoms with Gasteiger partial charge in [0.15, 0.2) is 0 Å². The average Bonchev–Trinajstić information content (AvgIpc) is 3.06. The van der Waals surface area contributed by atoms with Crippen LogP contribution in [0.3, 0.4) is 0 Å². The number of nitrogens with zero attached hydrogens (tertiary/aromatic N) is 1. The molecule has 0 unspecified atom stereocenters. The zero-order chi connectivity index (χ0) is 18.7. The summed E-state index contributed by atoms with van der Waals surface area (Å²) in [7, 11) is -3.85. The molecular weight excluding hydrogens is 372 g/mol. The van der Waals surface area contributed by atoms with E-state index < -0.39 is 9.84 Å². The summed E-state index contributed by atoms with van der Waals surface area (Å²) in [6, 6.07) is 15.2. The lowest BCUT2D eigenvalue weighted by atomic mass is 10.2. The standard InChI is InChI=1S/C19H19ClN2O3S/c1-13(2)12-21-18-19(22-17(25-18)14-6-4-3-5-7-14)26(23,24)16-10-8-15(20)9-11-16/h3-11,13,21H,12H2,1-2H3. The number of halogens is 1. The molecule has 0 atom stereocenters. The fraction of sp³-hybridized carbons (Fsp3) is 0.211. The number of hydrogen-bond acceptors (Lipinski definition) is 5. The Balaban J connectivity index is 2.08. The Bertz CT molecular complexity index is 981. The Morgan fingerprint density at radius 2 is 1.73 bits per heavy atom. The zero-order valence-corrected chi connectivity index (χ0v) is 16.0. The molecule has 26 heavy (non-hydrogen) atoms. The van der Waals surface area contributed by atoms with Gasteiger partial charge in [-0.25, -0.2) is 8.42 Å². The minimum absolute atomic E-state index is 0.113. The molecular formula is C19H19ClN2O3S. The van der Waals surface area contributed by atoms with Gasteiger partial charge in [0.25, 0.3) is 0 Å². The van der Waals surface area contributed by atoms with Crippen molar-refractivity contribution < 1.29 is 12.8 Å². The van der Waals surface area contributed by atoms with Gasteiger partial charge in [0, 0.05) is 17.1 Å². The lowest BCUT2D eigenvalue weighted by molar-refractivity contribution is 0.567. The fourth-order valence-corrected chi connectivity index (χ4v) is 3.73. The molecule has 0 amide bonds. The average molecular weight is 391 g/mol. The molecule has 0 saturated heterocycles. The molecule has 0 fully saturated rings. The van der Waals surface area contributed by atoms with Crippen molar-refractivity contribution in [3.63, 3.8) is 0 Å². The smallest absolute Gasteiger partial charge is 0.233 e. The summed E-state index contributed by atoms with van der Waals surface area (Å²) >= 11 is 5.87. The second-order valence-electron chi connectivity index (χ2n) is 6.25. The highest BCUT2D eigenvalue weighted by Crippen LogP contribution is 2.32. The first-order chi connectivity index (χ1) is 12.4.